The highest BCUT2D eigenvalue weighted by atomic mass is 32.1. The average Bonchev–Trinajstić information content (AvgIpc) is 2.55. The van der Waals surface area contributed by atoms with Gasteiger partial charge < -0.3 is 20.3 Å². The van der Waals surface area contributed by atoms with Gasteiger partial charge in [0.1, 0.15) is 5.75 Å². The highest BCUT2D eigenvalue weighted by Gasteiger charge is 2.22. The molecule has 1 amide bonds. The lowest BCUT2D eigenvalue weighted by Gasteiger charge is -2.36. The van der Waals surface area contributed by atoms with Crippen LogP contribution in [-0.2, 0) is 4.79 Å². The van der Waals surface area contributed by atoms with E-state index in [2.05, 4.69) is 20.3 Å². The number of thiocarbonyl (C=S) groups is 1. The molecule has 0 unspecified atom stereocenters. The molecule has 1 aromatic rings. The van der Waals surface area contributed by atoms with Crippen molar-refractivity contribution in [3.05, 3.63) is 24.3 Å². The predicted molar refractivity (Wildman–Crippen MR) is 105 cm³/mol. The number of nitrogens with one attached hydrogen (secondary N) is 2. The Kier molecular flexibility index (Phi) is 7.32. The number of hydrogen-bond donors (Lipinski definition) is 2. The van der Waals surface area contributed by atoms with Gasteiger partial charge >= 0.3 is 6.61 Å². The van der Waals surface area contributed by atoms with E-state index < -0.39 is 6.61 Å². The molecule has 1 fully saturated rings. The third-order valence-electron chi connectivity index (χ3n) is 3.87. The predicted octanol–water partition coefficient (Wildman–Crippen LogP) is 2.52. The number of halogens is 2. The fourth-order valence-electron chi connectivity index (χ4n) is 2.69. The minimum Gasteiger partial charge on any atom is -0.435 e. The van der Waals surface area contributed by atoms with Gasteiger partial charge in [0.2, 0.25) is 5.91 Å². The molecule has 0 spiro atoms. The van der Waals surface area contributed by atoms with Crippen LogP contribution in [0, 0.1) is 0 Å². The van der Waals surface area contributed by atoms with Crippen LogP contribution in [0.5, 0.6) is 5.75 Å². The zero-order valence-corrected chi connectivity index (χ0v) is 16.6. The molecule has 1 aliphatic rings. The first-order chi connectivity index (χ1) is 12.6. The summed E-state index contributed by atoms with van der Waals surface area (Å²) in [6, 6.07) is 6.19. The van der Waals surface area contributed by atoms with Gasteiger partial charge in [0.25, 0.3) is 0 Å². The van der Waals surface area contributed by atoms with Crippen molar-refractivity contribution in [2.45, 2.75) is 32.9 Å². The molecule has 0 aliphatic carbocycles. The standard InChI is InChI=1S/C18H26F2N4O2S/c1-18(2,3)22-15(25)12-23-8-10-24(11-9-23)17(27)21-13-4-6-14(7-5-13)26-16(19)20/h4-7,16H,8-12H2,1-3H3,(H,21,27)(H,22,25). The summed E-state index contributed by atoms with van der Waals surface area (Å²) >= 11 is 5.42. The molecule has 0 atom stereocenters. The molecule has 150 valence electrons. The van der Waals surface area contributed by atoms with Gasteiger partial charge in [-0.2, -0.15) is 8.78 Å². The lowest BCUT2D eigenvalue weighted by molar-refractivity contribution is -0.123. The number of benzene rings is 1. The van der Waals surface area contributed by atoms with Gasteiger partial charge in [-0.25, -0.2) is 0 Å². The number of amides is 1. The van der Waals surface area contributed by atoms with E-state index in [4.69, 9.17) is 12.2 Å². The Labute approximate surface area is 163 Å². The van der Waals surface area contributed by atoms with Crippen molar-refractivity contribution in [3.8, 4) is 5.75 Å². The molecule has 6 nitrogen and oxygen atoms in total. The first kappa shape index (κ1) is 21.3. The summed E-state index contributed by atoms with van der Waals surface area (Å²) in [6.07, 6.45) is 0. The average molecular weight is 400 g/mol. The summed E-state index contributed by atoms with van der Waals surface area (Å²) in [5, 5.41) is 6.62. The van der Waals surface area contributed by atoms with Crippen LogP contribution in [0.2, 0.25) is 0 Å². The van der Waals surface area contributed by atoms with Crippen LogP contribution in [0.25, 0.3) is 0 Å². The third-order valence-corrected chi connectivity index (χ3v) is 4.23. The van der Waals surface area contributed by atoms with Gasteiger partial charge in [0, 0.05) is 37.4 Å². The molecule has 2 rings (SSSR count). The highest BCUT2D eigenvalue weighted by Crippen LogP contribution is 2.18. The van der Waals surface area contributed by atoms with Gasteiger partial charge in [-0.05, 0) is 57.3 Å². The van der Waals surface area contributed by atoms with Crippen LogP contribution in [-0.4, -0.2) is 65.7 Å². The molecule has 1 heterocycles. The Balaban J connectivity index is 1.77. The second-order valence-electron chi connectivity index (χ2n) is 7.39. The monoisotopic (exact) mass is 400 g/mol. The first-order valence-corrected chi connectivity index (χ1v) is 9.17. The van der Waals surface area contributed by atoms with E-state index in [9.17, 15) is 13.6 Å². The molecule has 0 aromatic heterocycles. The van der Waals surface area contributed by atoms with Gasteiger partial charge in [-0.1, -0.05) is 0 Å². The number of piperazine rings is 1. The van der Waals surface area contributed by atoms with Crippen LogP contribution in [0.15, 0.2) is 24.3 Å². The normalized spacial score (nSPS) is 15.6. The highest BCUT2D eigenvalue weighted by molar-refractivity contribution is 7.80. The molecule has 2 N–H and O–H groups in total. The van der Waals surface area contributed by atoms with Crippen LogP contribution >= 0.6 is 12.2 Å². The van der Waals surface area contributed by atoms with E-state index >= 15 is 0 Å². The Hall–Kier alpha value is -2.00. The fraction of sp³-hybridized carbons (Fsp3) is 0.556. The molecule has 0 radical (unpaired) electrons. The Morgan fingerprint density at radius 2 is 1.78 bits per heavy atom. The summed E-state index contributed by atoms with van der Waals surface area (Å²) in [7, 11) is 0. The SMILES string of the molecule is CC(C)(C)NC(=O)CN1CCN(C(=S)Nc2ccc(OC(F)F)cc2)CC1. The number of carbonyl (C=O) groups is 1. The number of ether oxygens (including phenoxy) is 1. The lowest BCUT2D eigenvalue weighted by Crippen LogP contribution is -2.53. The summed E-state index contributed by atoms with van der Waals surface area (Å²) in [4.78, 5) is 16.1. The second-order valence-corrected chi connectivity index (χ2v) is 7.78. The number of carbonyl (C=O) groups excluding carboxylic acids is 1. The van der Waals surface area contributed by atoms with E-state index in [-0.39, 0.29) is 17.2 Å². The molecular formula is C18H26F2N4O2S. The molecule has 0 bridgehead atoms. The van der Waals surface area contributed by atoms with Crippen molar-refractivity contribution < 1.29 is 18.3 Å². The Morgan fingerprint density at radius 1 is 1.19 bits per heavy atom. The van der Waals surface area contributed by atoms with Crippen LogP contribution in [0.3, 0.4) is 0 Å². The fourth-order valence-corrected chi connectivity index (χ4v) is 2.99. The largest absolute Gasteiger partial charge is 0.435 e. The lowest BCUT2D eigenvalue weighted by atomic mass is 10.1. The maximum absolute atomic E-state index is 12.2. The number of nitrogens with zero attached hydrogens (tertiary/aromatic N) is 2. The van der Waals surface area contributed by atoms with E-state index in [1.807, 2.05) is 25.7 Å². The van der Waals surface area contributed by atoms with E-state index in [1.165, 1.54) is 12.1 Å². The number of alkyl halides is 2. The molecular weight excluding hydrogens is 374 g/mol. The van der Waals surface area contributed by atoms with Crippen molar-refractivity contribution in [2.75, 3.05) is 38.0 Å². The zero-order valence-electron chi connectivity index (χ0n) is 15.8. The van der Waals surface area contributed by atoms with E-state index in [1.54, 1.807) is 12.1 Å². The molecule has 1 aliphatic heterocycles. The zero-order chi connectivity index (χ0) is 20.0. The molecule has 1 aromatic carbocycles. The van der Waals surface area contributed by atoms with Gasteiger partial charge in [0.05, 0.1) is 6.54 Å². The van der Waals surface area contributed by atoms with E-state index in [0.717, 1.165) is 13.1 Å². The Bertz CT molecular complexity index is 642. The summed E-state index contributed by atoms with van der Waals surface area (Å²) in [5.41, 5.74) is 0.467. The summed E-state index contributed by atoms with van der Waals surface area (Å²) in [5.74, 6) is 0.117. The topological polar surface area (TPSA) is 56.8 Å². The van der Waals surface area contributed by atoms with Crippen molar-refractivity contribution in [2.24, 2.45) is 0 Å². The number of rotatable bonds is 5. The minimum atomic E-state index is -2.84. The molecule has 0 saturated carbocycles. The Morgan fingerprint density at radius 3 is 2.30 bits per heavy atom. The maximum Gasteiger partial charge on any atom is 0.387 e. The van der Waals surface area contributed by atoms with Crippen LogP contribution in [0.4, 0.5) is 14.5 Å². The van der Waals surface area contributed by atoms with Crippen LogP contribution in [0.1, 0.15) is 20.8 Å². The first-order valence-electron chi connectivity index (χ1n) is 8.76. The van der Waals surface area contributed by atoms with E-state index in [0.29, 0.717) is 30.4 Å². The second kappa shape index (κ2) is 9.27. The van der Waals surface area contributed by atoms with Crippen molar-refractivity contribution in [1.29, 1.82) is 0 Å². The summed E-state index contributed by atoms with van der Waals surface area (Å²) in [6.45, 7) is 6.30. The van der Waals surface area contributed by atoms with Crippen LogP contribution < -0.4 is 15.4 Å². The smallest absolute Gasteiger partial charge is 0.387 e. The minimum absolute atomic E-state index is 0.0164. The number of hydrogen-bond acceptors (Lipinski definition) is 4. The molecule has 9 heteroatoms. The maximum atomic E-state index is 12.2. The van der Waals surface area contributed by atoms with Gasteiger partial charge in [0.15, 0.2) is 5.11 Å². The molecule has 1 saturated heterocycles. The van der Waals surface area contributed by atoms with Gasteiger partial charge in [-0.15, -0.1) is 0 Å². The van der Waals surface area contributed by atoms with Crippen molar-refractivity contribution in [1.82, 2.24) is 15.1 Å². The quantitative estimate of drug-likeness (QED) is 0.741. The molecule has 27 heavy (non-hydrogen) atoms. The van der Waals surface area contributed by atoms with Gasteiger partial charge in [-0.3, -0.25) is 9.69 Å². The van der Waals surface area contributed by atoms with Crippen molar-refractivity contribution in [3.63, 3.8) is 0 Å². The van der Waals surface area contributed by atoms with Crippen molar-refractivity contribution >= 4 is 28.9 Å². The summed E-state index contributed by atoms with van der Waals surface area (Å²) < 4.78 is 28.7. The number of anilines is 1. The third kappa shape index (κ3) is 7.64.